The lowest BCUT2D eigenvalue weighted by molar-refractivity contribution is -0.0000119. The molecule has 0 unspecified atom stereocenters. The summed E-state index contributed by atoms with van der Waals surface area (Å²) < 4.78 is 5.07. The van der Waals surface area contributed by atoms with Gasteiger partial charge in [-0.05, 0) is 37.1 Å². The van der Waals surface area contributed by atoms with Crippen molar-refractivity contribution >= 4 is 11.6 Å². The van der Waals surface area contributed by atoms with Crippen LogP contribution in [0, 0.1) is 0 Å². The van der Waals surface area contributed by atoms with Crippen LogP contribution in [0.4, 0.5) is 0 Å². The number of rotatable bonds is 4. The predicted molar refractivity (Wildman–Crippen MR) is 76.1 cm³/mol. The van der Waals surface area contributed by atoms with Crippen molar-refractivity contribution in [3.63, 3.8) is 0 Å². The molecule has 0 fully saturated rings. The fourth-order valence-electron chi connectivity index (χ4n) is 2.08. The summed E-state index contributed by atoms with van der Waals surface area (Å²) in [5, 5.41) is 3.16. The normalized spacial score (nSPS) is 14.6. The van der Waals surface area contributed by atoms with Crippen LogP contribution in [0.1, 0.15) is 36.0 Å². The largest absolute Gasteiger partial charge is 1.00 e. The molecule has 0 radical (unpaired) electrons. The van der Waals surface area contributed by atoms with E-state index >= 15 is 0 Å². The Labute approximate surface area is 126 Å². The molecule has 4 nitrogen and oxygen atoms in total. The van der Waals surface area contributed by atoms with E-state index in [1.54, 1.807) is 31.4 Å². The number of ether oxygens (including phenoxy) is 1. The molecular formula is C15H20ClN2O2-. The molecule has 1 aromatic carbocycles. The number of aliphatic imine (C=N–C) groups is 1. The molecule has 0 bridgehead atoms. The molecule has 1 aliphatic rings. The van der Waals surface area contributed by atoms with E-state index in [0.29, 0.717) is 12.1 Å². The topological polar surface area (TPSA) is 50.7 Å². The number of methoxy groups -OCH3 is 1. The minimum absolute atomic E-state index is 0. The SMILES string of the molecule is COc1ccc(C(=O)CNC2=NCCCCC2)cc1.[Cl-]. The lowest BCUT2D eigenvalue weighted by Crippen LogP contribution is -3.00. The van der Waals surface area contributed by atoms with Crippen molar-refractivity contribution in [3.05, 3.63) is 29.8 Å². The minimum Gasteiger partial charge on any atom is -1.00 e. The number of Topliss-reactive ketones (excluding diaryl/α,β-unsaturated/α-hetero) is 1. The van der Waals surface area contributed by atoms with Crippen molar-refractivity contribution in [3.8, 4) is 5.75 Å². The molecule has 0 aromatic heterocycles. The zero-order valence-corrected chi connectivity index (χ0v) is 12.4. The standard InChI is InChI=1S/C15H20N2O2.ClH/c1-19-13-8-6-12(7-9-13)14(18)11-17-15-5-3-2-4-10-16-15;/h6-9H,2-5,10-11H2,1H3,(H,16,17);1H/p-1. The number of hydrogen-bond donors (Lipinski definition) is 1. The van der Waals surface area contributed by atoms with Gasteiger partial charge in [-0.1, -0.05) is 6.42 Å². The molecule has 1 aliphatic heterocycles. The van der Waals surface area contributed by atoms with Crippen molar-refractivity contribution in [2.45, 2.75) is 25.7 Å². The number of nitrogens with zero attached hydrogens (tertiary/aromatic N) is 1. The molecule has 2 rings (SSSR count). The highest BCUT2D eigenvalue weighted by molar-refractivity contribution is 5.99. The Bertz CT molecular complexity index is 457. The number of ketones is 1. The van der Waals surface area contributed by atoms with Crippen LogP contribution in [-0.4, -0.2) is 31.8 Å². The summed E-state index contributed by atoms with van der Waals surface area (Å²) in [5.74, 6) is 1.81. The predicted octanol–water partition coefficient (Wildman–Crippen LogP) is -0.556. The van der Waals surface area contributed by atoms with Crippen LogP contribution in [0.5, 0.6) is 5.75 Å². The van der Waals surface area contributed by atoms with E-state index in [1.807, 2.05) is 0 Å². The van der Waals surface area contributed by atoms with E-state index in [2.05, 4.69) is 10.3 Å². The van der Waals surface area contributed by atoms with Gasteiger partial charge >= 0.3 is 0 Å². The molecule has 0 amide bonds. The zero-order chi connectivity index (χ0) is 13.5. The Morgan fingerprint density at radius 3 is 2.70 bits per heavy atom. The first-order valence-corrected chi connectivity index (χ1v) is 6.74. The van der Waals surface area contributed by atoms with Crippen molar-refractivity contribution in [2.75, 3.05) is 20.2 Å². The van der Waals surface area contributed by atoms with Gasteiger partial charge in [-0.25, -0.2) is 0 Å². The summed E-state index contributed by atoms with van der Waals surface area (Å²) in [4.78, 5) is 16.5. The van der Waals surface area contributed by atoms with Crippen molar-refractivity contribution < 1.29 is 21.9 Å². The van der Waals surface area contributed by atoms with Gasteiger partial charge in [0.2, 0.25) is 0 Å². The van der Waals surface area contributed by atoms with Crippen LogP contribution in [0.3, 0.4) is 0 Å². The van der Waals surface area contributed by atoms with Crippen LogP contribution in [0.25, 0.3) is 0 Å². The average Bonchev–Trinajstić information content (AvgIpc) is 2.73. The molecule has 5 heteroatoms. The summed E-state index contributed by atoms with van der Waals surface area (Å²) in [5.41, 5.74) is 0.697. The molecule has 0 aliphatic carbocycles. The van der Waals surface area contributed by atoms with Gasteiger partial charge in [0.25, 0.3) is 0 Å². The lowest BCUT2D eigenvalue weighted by atomic mass is 10.1. The minimum atomic E-state index is 0. The maximum Gasteiger partial charge on any atom is 0.181 e. The number of carbonyl (C=O) groups excluding carboxylic acids is 1. The quantitative estimate of drug-likeness (QED) is 0.758. The molecule has 1 N–H and O–H groups in total. The fourth-order valence-corrected chi connectivity index (χ4v) is 2.08. The summed E-state index contributed by atoms with van der Waals surface area (Å²) in [6.45, 7) is 1.18. The molecule has 0 saturated carbocycles. The summed E-state index contributed by atoms with van der Waals surface area (Å²) >= 11 is 0. The van der Waals surface area contributed by atoms with Gasteiger partial charge in [0.1, 0.15) is 5.75 Å². The van der Waals surface area contributed by atoms with Crippen LogP contribution in [-0.2, 0) is 0 Å². The molecular weight excluding hydrogens is 276 g/mol. The molecule has 110 valence electrons. The molecule has 1 aromatic rings. The Morgan fingerprint density at radius 2 is 2.00 bits per heavy atom. The summed E-state index contributed by atoms with van der Waals surface area (Å²) in [6.07, 6.45) is 4.48. The van der Waals surface area contributed by atoms with E-state index in [9.17, 15) is 4.79 Å². The number of halogens is 1. The Morgan fingerprint density at radius 1 is 1.25 bits per heavy atom. The number of carbonyl (C=O) groups is 1. The van der Waals surface area contributed by atoms with E-state index < -0.39 is 0 Å². The van der Waals surface area contributed by atoms with Gasteiger partial charge in [0.15, 0.2) is 5.78 Å². The highest BCUT2D eigenvalue weighted by Gasteiger charge is 2.08. The lowest BCUT2D eigenvalue weighted by Gasteiger charge is -2.08. The molecule has 1 heterocycles. The number of amidine groups is 1. The first-order chi connectivity index (χ1) is 9.29. The van der Waals surface area contributed by atoms with Crippen LogP contribution < -0.4 is 22.5 Å². The first-order valence-electron chi connectivity index (χ1n) is 6.74. The maximum absolute atomic E-state index is 12.0. The summed E-state index contributed by atoms with van der Waals surface area (Å²) in [7, 11) is 1.61. The number of nitrogens with one attached hydrogen (secondary N) is 1. The van der Waals surface area contributed by atoms with Gasteiger partial charge in [-0.3, -0.25) is 9.79 Å². The van der Waals surface area contributed by atoms with E-state index in [1.165, 1.54) is 6.42 Å². The first kappa shape index (κ1) is 16.5. The van der Waals surface area contributed by atoms with E-state index in [-0.39, 0.29) is 18.2 Å². The molecule has 0 saturated heterocycles. The van der Waals surface area contributed by atoms with Crippen molar-refractivity contribution in [1.82, 2.24) is 5.32 Å². The summed E-state index contributed by atoms with van der Waals surface area (Å²) in [6, 6.07) is 7.18. The van der Waals surface area contributed by atoms with Crippen molar-refractivity contribution in [1.29, 1.82) is 0 Å². The highest BCUT2D eigenvalue weighted by Crippen LogP contribution is 2.11. The second-order valence-corrected chi connectivity index (χ2v) is 4.64. The van der Waals surface area contributed by atoms with Gasteiger partial charge in [0, 0.05) is 18.5 Å². The highest BCUT2D eigenvalue weighted by atomic mass is 35.5. The third-order valence-electron chi connectivity index (χ3n) is 3.24. The zero-order valence-electron chi connectivity index (χ0n) is 11.7. The van der Waals surface area contributed by atoms with Crippen molar-refractivity contribution in [2.24, 2.45) is 4.99 Å². The monoisotopic (exact) mass is 295 g/mol. The van der Waals surface area contributed by atoms with Crippen LogP contribution in [0.15, 0.2) is 29.3 Å². The smallest absolute Gasteiger partial charge is 0.181 e. The van der Waals surface area contributed by atoms with Gasteiger partial charge in [0.05, 0.1) is 19.5 Å². The third-order valence-corrected chi connectivity index (χ3v) is 3.24. The van der Waals surface area contributed by atoms with Crippen LogP contribution >= 0.6 is 0 Å². The second kappa shape index (κ2) is 8.59. The number of hydrogen-bond acceptors (Lipinski definition) is 4. The van der Waals surface area contributed by atoms with Gasteiger partial charge in [-0.2, -0.15) is 0 Å². The molecule has 0 atom stereocenters. The molecule has 0 spiro atoms. The number of benzene rings is 1. The van der Waals surface area contributed by atoms with Gasteiger partial charge in [-0.15, -0.1) is 0 Å². The van der Waals surface area contributed by atoms with E-state index in [0.717, 1.165) is 37.4 Å². The maximum atomic E-state index is 12.0. The Balaban J connectivity index is 0.00000200. The fraction of sp³-hybridized carbons (Fsp3) is 0.467. The third kappa shape index (κ3) is 4.85. The van der Waals surface area contributed by atoms with Gasteiger partial charge < -0.3 is 22.5 Å². The average molecular weight is 296 g/mol. The Kier molecular flexibility index (Phi) is 7.09. The molecule has 20 heavy (non-hydrogen) atoms. The van der Waals surface area contributed by atoms with Crippen LogP contribution in [0.2, 0.25) is 0 Å². The van der Waals surface area contributed by atoms with E-state index in [4.69, 9.17) is 4.74 Å². The Hall–Kier alpha value is -1.55. The second-order valence-electron chi connectivity index (χ2n) is 4.64.